The van der Waals surface area contributed by atoms with Crippen molar-refractivity contribution in [2.24, 2.45) is 0 Å². The normalized spacial score (nSPS) is 18.2. The van der Waals surface area contributed by atoms with Gasteiger partial charge in [0.05, 0.1) is 23.4 Å². The zero-order valence-corrected chi connectivity index (χ0v) is 14.1. The predicted octanol–water partition coefficient (Wildman–Crippen LogP) is 1.93. The van der Waals surface area contributed by atoms with Crippen molar-refractivity contribution in [3.8, 4) is 0 Å². The van der Waals surface area contributed by atoms with Gasteiger partial charge in [0.1, 0.15) is 0 Å². The van der Waals surface area contributed by atoms with Crippen molar-refractivity contribution in [2.75, 3.05) is 44.6 Å². The van der Waals surface area contributed by atoms with Crippen LogP contribution >= 0.6 is 23.2 Å². The molecule has 0 aromatic heterocycles. The number of halogens is 2. The lowest BCUT2D eigenvalue weighted by Gasteiger charge is -2.37. The minimum atomic E-state index is -0.233. The molecule has 1 atom stereocenters. The highest BCUT2D eigenvalue weighted by Gasteiger charge is 2.25. The minimum absolute atomic E-state index is 0.0835. The van der Waals surface area contributed by atoms with Crippen LogP contribution in [-0.4, -0.2) is 66.2 Å². The van der Waals surface area contributed by atoms with Gasteiger partial charge in [0.15, 0.2) is 0 Å². The zero-order chi connectivity index (χ0) is 16.1. The summed E-state index contributed by atoms with van der Waals surface area (Å²) in [5.74, 6) is -0.0835. The molecule has 1 saturated heterocycles. The molecule has 1 aromatic carbocycles. The van der Waals surface area contributed by atoms with Crippen molar-refractivity contribution in [2.45, 2.75) is 13.0 Å². The molecule has 0 spiro atoms. The number of benzene rings is 1. The van der Waals surface area contributed by atoms with Crippen LogP contribution in [0.2, 0.25) is 10.0 Å². The molecule has 1 amide bonds. The molecule has 2 N–H and O–H groups in total. The molecular weight excluding hydrogens is 325 g/mol. The van der Waals surface area contributed by atoms with Crippen LogP contribution in [0.5, 0.6) is 0 Å². The van der Waals surface area contributed by atoms with Crippen LogP contribution in [0.3, 0.4) is 0 Å². The smallest absolute Gasteiger partial charge is 0.241 e. The number of hydrogen-bond donors (Lipinski definition) is 2. The largest absolute Gasteiger partial charge is 0.395 e. The van der Waals surface area contributed by atoms with Crippen molar-refractivity contribution < 1.29 is 9.90 Å². The number of piperazine rings is 1. The maximum Gasteiger partial charge on any atom is 0.241 e. The number of amides is 1. The molecule has 1 aromatic rings. The lowest BCUT2D eigenvalue weighted by atomic mass is 10.2. The Balaban J connectivity index is 1.90. The second kappa shape index (κ2) is 8.13. The number of nitrogens with zero attached hydrogens (tertiary/aromatic N) is 2. The third-order valence-corrected chi connectivity index (χ3v) is 4.49. The third kappa shape index (κ3) is 4.57. The summed E-state index contributed by atoms with van der Waals surface area (Å²) in [7, 11) is 0. The lowest BCUT2D eigenvalue weighted by Crippen LogP contribution is -2.53. The van der Waals surface area contributed by atoms with Gasteiger partial charge < -0.3 is 10.4 Å². The lowest BCUT2D eigenvalue weighted by molar-refractivity contribution is -0.121. The molecule has 7 heteroatoms. The molecule has 0 radical (unpaired) electrons. The monoisotopic (exact) mass is 345 g/mol. The van der Waals surface area contributed by atoms with Gasteiger partial charge in [-0.25, -0.2) is 0 Å². The van der Waals surface area contributed by atoms with E-state index in [-0.39, 0.29) is 18.6 Å². The molecule has 1 aliphatic heterocycles. The molecule has 122 valence electrons. The fraction of sp³-hybridized carbons (Fsp3) is 0.533. The van der Waals surface area contributed by atoms with Crippen molar-refractivity contribution in [1.29, 1.82) is 0 Å². The topological polar surface area (TPSA) is 55.8 Å². The molecular formula is C15H21Cl2N3O2. The van der Waals surface area contributed by atoms with E-state index in [4.69, 9.17) is 28.3 Å². The van der Waals surface area contributed by atoms with E-state index in [2.05, 4.69) is 15.1 Å². The predicted molar refractivity (Wildman–Crippen MR) is 89.7 cm³/mol. The molecule has 0 saturated carbocycles. The van der Waals surface area contributed by atoms with Crippen LogP contribution in [-0.2, 0) is 4.79 Å². The number of carbonyl (C=O) groups is 1. The standard InChI is InChI=1S/C15H21Cl2N3O2/c1-11(20-6-4-19(5-7-20)8-9-21)15(22)18-14-3-2-12(16)10-13(14)17/h2-3,10-11,21H,4-9H2,1H3,(H,18,22). The number of nitrogens with one attached hydrogen (secondary N) is 1. The van der Waals surface area contributed by atoms with E-state index in [1.807, 2.05) is 6.92 Å². The Bertz CT molecular complexity index is 520. The summed E-state index contributed by atoms with van der Waals surface area (Å²) in [6.45, 7) is 6.09. The second-order valence-corrected chi connectivity index (χ2v) is 6.23. The van der Waals surface area contributed by atoms with E-state index in [1.54, 1.807) is 18.2 Å². The number of aliphatic hydroxyl groups excluding tert-OH is 1. The zero-order valence-electron chi connectivity index (χ0n) is 12.6. The van der Waals surface area contributed by atoms with Gasteiger partial charge in [-0.15, -0.1) is 0 Å². The molecule has 1 aliphatic rings. The van der Waals surface area contributed by atoms with Crippen LogP contribution in [0, 0.1) is 0 Å². The number of β-amino-alcohol motifs (C(OH)–C–C–N with tert-alkyl or cyclic N) is 1. The highest BCUT2D eigenvalue weighted by molar-refractivity contribution is 6.36. The maximum absolute atomic E-state index is 12.4. The fourth-order valence-corrected chi connectivity index (χ4v) is 2.97. The number of rotatable bonds is 5. The number of hydrogen-bond acceptors (Lipinski definition) is 4. The first-order valence-electron chi connectivity index (χ1n) is 7.34. The number of anilines is 1. The fourth-order valence-electron chi connectivity index (χ4n) is 2.51. The van der Waals surface area contributed by atoms with E-state index >= 15 is 0 Å². The average molecular weight is 346 g/mol. The molecule has 1 fully saturated rings. The molecule has 1 heterocycles. The number of aliphatic hydroxyl groups is 1. The molecule has 2 rings (SSSR count). The van der Waals surface area contributed by atoms with Crippen LogP contribution in [0.25, 0.3) is 0 Å². The van der Waals surface area contributed by atoms with E-state index in [0.29, 0.717) is 22.3 Å². The van der Waals surface area contributed by atoms with Crippen molar-refractivity contribution in [1.82, 2.24) is 9.80 Å². The molecule has 0 aliphatic carbocycles. The van der Waals surface area contributed by atoms with Gasteiger partial charge in [-0.05, 0) is 25.1 Å². The van der Waals surface area contributed by atoms with Gasteiger partial charge >= 0.3 is 0 Å². The molecule has 5 nitrogen and oxygen atoms in total. The average Bonchev–Trinajstić information content (AvgIpc) is 2.50. The minimum Gasteiger partial charge on any atom is -0.395 e. The summed E-state index contributed by atoms with van der Waals surface area (Å²) in [6.07, 6.45) is 0. The Hall–Kier alpha value is -0.850. The summed E-state index contributed by atoms with van der Waals surface area (Å²) in [5.41, 5.74) is 0.571. The van der Waals surface area contributed by atoms with Gasteiger partial charge in [0.25, 0.3) is 0 Å². The second-order valence-electron chi connectivity index (χ2n) is 5.39. The summed E-state index contributed by atoms with van der Waals surface area (Å²) in [5, 5.41) is 12.8. The van der Waals surface area contributed by atoms with E-state index in [0.717, 1.165) is 26.2 Å². The Morgan fingerprint density at radius 1 is 1.32 bits per heavy atom. The summed E-state index contributed by atoms with van der Waals surface area (Å²) < 4.78 is 0. The highest BCUT2D eigenvalue weighted by atomic mass is 35.5. The first-order chi connectivity index (χ1) is 10.5. The maximum atomic E-state index is 12.4. The Morgan fingerprint density at radius 2 is 2.00 bits per heavy atom. The quantitative estimate of drug-likeness (QED) is 0.856. The summed E-state index contributed by atoms with van der Waals surface area (Å²) in [6, 6.07) is 4.77. The van der Waals surface area contributed by atoms with Crippen molar-refractivity contribution in [3.05, 3.63) is 28.2 Å². The Morgan fingerprint density at radius 3 is 2.59 bits per heavy atom. The summed E-state index contributed by atoms with van der Waals surface area (Å²) in [4.78, 5) is 16.7. The van der Waals surface area contributed by atoms with Crippen LogP contribution in [0.4, 0.5) is 5.69 Å². The highest BCUT2D eigenvalue weighted by Crippen LogP contribution is 2.25. The molecule has 1 unspecified atom stereocenters. The Labute approximate surface area is 140 Å². The van der Waals surface area contributed by atoms with Gasteiger partial charge in [0, 0.05) is 37.7 Å². The van der Waals surface area contributed by atoms with E-state index in [1.165, 1.54) is 0 Å². The van der Waals surface area contributed by atoms with Crippen LogP contribution in [0.1, 0.15) is 6.92 Å². The van der Waals surface area contributed by atoms with Crippen LogP contribution in [0.15, 0.2) is 18.2 Å². The number of carbonyl (C=O) groups excluding carboxylic acids is 1. The van der Waals surface area contributed by atoms with Crippen molar-refractivity contribution in [3.63, 3.8) is 0 Å². The third-order valence-electron chi connectivity index (χ3n) is 3.94. The van der Waals surface area contributed by atoms with Crippen molar-refractivity contribution >= 4 is 34.8 Å². The van der Waals surface area contributed by atoms with E-state index < -0.39 is 0 Å². The van der Waals surface area contributed by atoms with Gasteiger partial charge in [-0.2, -0.15) is 0 Å². The molecule has 22 heavy (non-hydrogen) atoms. The van der Waals surface area contributed by atoms with Gasteiger partial charge in [-0.1, -0.05) is 23.2 Å². The first-order valence-corrected chi connectivity index (χ1v) is 8.10. The van der Waals surface area contributed by atoms with Crippen LogP contribution < -0.4 is 5.32 Å². The summed E-state index contributed by atoms with van der Waals surface area (Å²) >= 11 is 11.9. The molecule has 0 bridgehead atoms. The first kappa shape index (κ1) is 17.5. The van der Waals surface area contributed by atoms with Gasteiger partial charge in [0.2, 0.25) is 5.91 Å². The van der Waals surface area contributed by atoms with E-state index in [9.17, 15) is 4.79 Å². The SMILES string of the molecule is CC(C(=O)Nc1ccc(Cl)cc1Cl)N1CCN(CCO)CC1. The van der Waals surface area contributed by atoms with Gasteiger partial charge in [-0.3, -0.25) is 14.6 Å². The Kier molecular flexibility index (Phi) is 6.47.